The average molecular weight is 325 g/mol. The van der Waals surface area contributed by atoms with Crippen molar-refractivity contribution in [1.29, 1.82) is 0 Å². The normalized spacial score (nSPS) is 12.6. The molecule has 0 radical (unpaired) electrons. The highest BCUT2D eigenvalue weighted by molar-refractivity contribution is 5.99. The second-order valence-electron chi connectivity index (χ2n) is 5.43. The Morgan fingerprint density at radius 1 is 1.08 bits per heavy atom. The fourth-order valence-corrected chi connectivity index (χ4v) is 2.80. The largest absolute Gasteiger partial charge is 0.493 e. The van der Waals surface area contributed by atoms with Crippen molar-refractivity contribution >= 4 is 17.6 Å². The predicted molar refractivity (Wildman–Crippen MR) is 90.4 cm³/mol. The van der Waals surface area contributed by atoms with Crippen molar-refractivity contribution in [1.82, 2.24) is 0 Å². The molecule has 24 heavy (non-hydrogen) atoms. The summed E-state index contributed by atoms with van der Waals surface area (Å²) >= 11 is 0. The van der Waals surface area contributed by atoms with E-state index in [2.05, 4.69) is 0 Å². The second-order valence-corrected chi connectivity index (χ2v) is 5.43. The Balaban J connectivity index is 1.64. The van der Waals surface area contributed by atoms with Gasteiger partial charge in [0.2, 0.25) is 0 Å². The van der Waals surface area contributed by atoms with Crippen LogP contribution < -0.4 is 9.64 Å². The average Bonchev–Trinajstić information content (AvgIpc) is 3.04. The van der Waals surface area contributed by atoms with Crippen molar-refractivity contribution in [2.45, 2.75) is 13.3 Å². The summed E-state index contributed by atoms with van der Waals surface area (Å²) in [5.74, 6) is -0.314. The minimum Gasteiger partial charge on any atom is -0.493 e. The number of ether oxygens (including phenoxy) is 2. The summed E-state index contributed by atoms with van der Waals surface area (Å²) in [5, 5.41) is 0. The Kier molecular flexibility index (Phi) is 4.79. The number of carbonyl (C=O) groups excluding carboxylic acids is 2. The van der Waals surface area contributed by atoms with Gasteiger partial charge in [0.05, 0.1) is 6.61 Å². The molecule has 5 heteroatoms. The van der Waals surface area contributed by atoms with Gasteiger partial charge < -0.3 is 14.4 Å². The van der Waals surface area contributed by atoms with Crippen LogP contribution in [0.5, 0.6) is 5.75 Å². The highest BCUT2D eigenvalue weighted by atomic mass is 16.5. The molecular weight excluding hydrogens is 306 g/mol. The third-order valence-electron chi connectivity index (χ3n) is 3.92. The monoisotopic (exact) mass is 325 g/mol. The molecule has 0 aromatic heterocycles. The lowest BCUT2D eigenvalue weighted by Gasteiger charge is -2.17. The van der Waals surface area contributed by atoms with Crippen molar-refractivity contribution < 1.29 is 19.1 Å². The molecule has 3 rings (SSSR count). The fraction of sp³-hybridized carbons (Fsp3) is 0.263. The zero-order valence-corrected chi connectivity index (χ0v) is 13.5. The van der Waals surface area contributed by atoms with Gasteiger partial charge in [0.1, 0.15) is 11.3 Å². The highest BCUT2D eigenvalue weighted by Crippen LogP contribution is 2.27. The van der Waals surface area contributed by atoms with Crippen LogP contribution in [0.1, 0.15) is 22.8 Å². The standard InChI is InChI=1S/C19H19NO4/c1-2-23-17-10-6-4-8-15(17)19(22)24-13-18(21)20-12-11-14-7-3-5-9-16(14)20/h3-10H,2,11-13H2,1H3. The molecule has 0 aliphatic carbocycles. The summed E-state index contributed by atoms with van der Waals surface area (Å²) < 4.78 is 10.6. The van der Waals surface area contributed by atoms with Crippen LogP contribution in [0.2, 0.25) is 0 Å². The molecule has 0 saturated carbocycles. The van der Waals surface area contributed by atoms with Gasteiger partial charge in [0.25, 0.3) is 5.91 Å². The van der Waals surface area contributed by atoms with Crippen LogP contribution in [0.15, 0.2) is 48.5 Å². The number of anilines is 1. The van der Waals surface area contributed by atoms with Gasteiger partial charge in [-0.3, -0.25) is 4.79 Å². The first-order valence-corrected chi connectivity index (χ1v) is 7.98. The van der Waals surface area contributed by atoms with Gasteiger partial charge >= 0.3 is 5.97 Å². The van der Waals surface area contributed by atoms with E-state index in [-0.39, 0.29) is 12.5 Å². The first kappa shape index (κ1) is 16.1. The zero-order valence-electron chi connectivity index (χ0n) is 13.5. The third-order valence-corrected chi connectivity index (χ3v) is 3.92. The van der Waals surface area contributed by atoms with Crippen LogP contribution in [-0.4, -0.2) is 31.6 Å². The maximum absolute atomic E-state index is 12.4. The van der Waals surface area contributed by atoms with Crippen LogP contribution in [-0.2, 0) is 16.0 Å². The Hall–Kier alpha value is -2.82. The smallest absolute Gasteiger partial charge is 0.342 e. The van der Waals surface area contributed by atoms with Crippen molar-refractivity contribution in [2.24, 2.45) is 0 Å². The summed E-state index contributed by atoms with van der Waals surface area (Å²) in [6, 6.07) is 14.6. The van der Waals surface area contributed by atoms with E-state index >= 15 is 0 Å². The molecule has 124 valence electrons. The summed E-state index contributed by atoms with van der Waals surface area (Å²) in [4.78, 5) is 26.3. The van der Waals surface area contributed by atoms with Gasteiger partial charge in [-0.05, 0) is 37.1 Å². The molecule has 0 fully saturated rings. The summed E-state index contributed by atoms with van der Waals surface area (Å²) in [5.41, 5.74) is 2.36. The first-order valence-electron chi connectivity index (χ1n) is 7.98. The second kappa shape index (κ2) is 7.17. The molecule has 1 aliphatic heterocycles. The number of esters is 1. The quantitative estimate of drug-likeness (QED) is 0.793. The lowest BCUT2D eigenvalue weighted by molar-refractivity contribution is -0.121. The van der Waals surface area contributed by atoms with E-state index in [0.717, 1.165) is 17.7 Å². The van der Waals surface area contributed by atoms with E-state index in [4.69, 9.17) is 9.47 Å². The molecule has 0 atom stereocenters. The maximum atomic E-state index is 12.4. The molecule has 0 saturated heterocycles. The summed E-state index contributed by atoms with van der Waals surface area (Å²) in [7, 11) is 0. The zero-order chi connectivity index (χ0) is 16.9. The van der Waals surface area contributed by atoms with Crippen LogP contribution in [0.25, 0.3) is 0 Å². The number of hydrogen-bond donors (Lipinski definition) is 0. The third kappa shape index (κ3) is 3.25. The number of fused-ring (bicyclic) bond motifs is 1. The molecule has 1 heterocycles. The van der Waals surface area contributed by atoms with Crippen LogP contribution in [0.3, 0.4) is 0 Å². The molecule has 0 unspecified atom stereocenters. The molecule has 1 amide bonds. The Morgan fingerprint density at radius 2 is 1.83 bits per heavy atom. The Bertz CT molecular complexity index is 757. The van der Waals surface area contributed by atoms with E-state index in [1.54, 1.807) is 29.2 Å². The maximum Gasteiger partial charge on any atom is 0.342 e. The summed E-state index contributed by atoms with van der Waals surface area (Å²) in [6.07, 6.45) is 0.822. The number of rotatable bonds is 5. The van der Waals surface area contributed by atoms with Crippen LogP contribution >= 0.6 is 0 Å². The molecule has 0 N–H and O–H groups in total. The van der Waals surface area contributed by atoms with E-state index in [1.807, 2.05) is 31.2 Å². The lowest BCUT2D eigenvalue weighted by atomic mass is 10.2. The number of hydrogen-bond acceptors (Lipinski definition) is 4. The van der Waals surface area contributed by atoms with Crippen LogP contribution in [0, 0.1) is 0 Å². The van der Waals surface area contributed by atoms with Gasteiger partial charge in [-0.1, -0.05) is 30.3 Å². The van der Waals surface area contributed by atoms with Gasteiger partial charge in [0, 0.05) is 12.2 Å². The first-order chi connectivity index (χ1) is 11.7. The SMILES string of the molecule is CCOc1ccccc1C(=O)OCC(=O)N1CCc2ccccc21. The van der Waals surface area contributed by atoms with Crippen molar-refractivity contribution in [3.63, 3.8) is 0 Å². The van der Waals surface area contributed by atoms with Crippen LogP contribution in [0.4, 0.5) is 5.69 Å². The van der Waals surface area contributed by atoms with E-state index in [1.165, 1.54) is 0 Å². The van der Waals surface area contributed by atoms with Crippen molar-refractivity contribution in [3.05, 3.63) is 59.7 Å². The van der Waals surface area contributed by atoms with E-state index < -0.39 is 5.97 Å². The Morgan fingerprint density at radius 3 is 2.67 bits per heavy atom. The molecule has 1 aliphatic rings. The topological polar surface area (TPSA) is 55.8 Å². The molecule has 0 bridgehead atoms. The number of benzene rings is 2. The number of amides is 1. The van der Waals surface area contributed by atoms with Crippen molar-refractivity contribution in [2.75, 3.05) is 24.7 Å². The number of carbonyl (C=O) groups is 2. The van der Waals surface area contributed by atoms with Gasteiger partial charge in [0.15, 0.2) is 6.61 Å². The fourth-order valence-electron chi connectivity index (χ4n) is 2.80. The molecule has 2 aromatic rings. The van der Waals surface area contributed by atoms with E-state index in [9.17, 15) is 9.59 Å². The van der Waals surface area contributed by atoms with E-state index in [0.29, 0.717) is 24.5 Å². The minimum atomic E-state index is -0.556. The summed E-state index contributed by atoms with van der Waals surface area (Å²) in [6.45, 7) is 2.63. The molecule has 2 aromatic carbocycles. The molecule has 0 spiro atoms. The van der Waals surface area contributed by atoms with Gasteiger partial charge in [-0.25, -0.2) is 4.79 Å². The number of nitrogens with zero attached hydrogens (tertiary/aromatic N) is 1. The molecule has 5 nitrogen and oxygen atoms in total. The highest BCUT2D eigenvalue weighted by Gasteiger charge is 2.25. The van der Waals surface area contributed by atoms with Crippen molar-refractivity contribution in [3.8, 4) is 5.75 Å². The van der Waals surface area contributed by atoms with Gasteiger partial charge in [-0.15, -0.1) is 0 Å². The number of para-hydroxylation sites is 2. The minimum absolute atomic E-state index is 0.220. The van der Waals surface area contributed by atoms with Gasteiger partial charge in [-0.2, -0.15) is 0 Å². The predicted octanol–water partition coefficient (Wildman–Crippen LogP) is 2.83. The molecular formula is C19H19NO4. The Labute approximate surface area is 140 Å². The lowest BCUT2D eigenvalue weighted by Crippen LogP contribution is -2.33.